The second kappa shape index (κ2) is 14.4. The summed E-state index contributed by atoms with van der Waals surface area (Å²) >= 11 is 1.43. The zero-order valence-corrected chi connectivity index (χ0v) is 22.7. The van der Waals surface area contributed by atoms with E-state index in [1.54, 1.807) is 0 Å². The molecule has 204 valence electrons. The van der Waals surface area contributed by atoms with Gasteiger partial charge in [-0.3, -0.25) is 14.4 Å². The molecule has 0 saturated heterocycles. The normalized spacial score (nSPS) is 16.2. The van der Waals surface area contributed by atoms with Gasteiger partial charge in [0.15, 0.2) is 6.61 Å². The Labute approximate surface area is 222 Å². The molecule has 2 aliphatic rings. The number of aromatic nitrogens is 3. The van der Waals surface area contributed by atoms with E-state index in [1.165, 1.54) is 60.1 Å². The number of hydrogen-bond acceptors (Lipinski definition) is 6. The second-order valence-electron chi connectivity index (χ2n) is 9.71. The van der Waals surface area contributed by atoms with Gasteiger partial charge in [-0.2, -0.15) is 5.10 Å². The molecular formula is C27H39F2N5O2S. The number of fused-ring (bicyclic) bond motifs is 2. The van der Waals surface area contributed by atoms with Crippen LogP contribution in [0.1, 0.15) is 62.9 Å². The molecule has 37 heavy (non-hydrogen) atoms. The number of hydrogen-bond donors (Lipinski definition) is 1. The van der Waals surface area contributed by atoms with E-state index in [0.717, 1.165) is 56.7 Å². The summed E-state index contributed by atoms with van der Waals surface area (Å²) in [7, 11) is 0. The predicted octanol–water partition coefficient (Wildman–Crippen LogP) is 5.66. The average Bonchev–Trinajstić information content (AvgIpc) is 3.50. The maximum absolute atomic E-state index is 12.9. The molecule has 5 rings (SSSR count). The van der Waals surface area contributed by atoms with Gasteiger partial charge in [-0.15, -0.1) is 0 Å². The Kier molecular flexibility index (Phi) is 11.3. The van der Waals surface area contributed by atoms with Crippen LogP contribution >= 0.6 is 11.3 Å². The van der Waals surface area contributed by atoms with E-state index in [2.05, 4.69) is 39.9 Å². The van der Waals surface area contributed by atoms with Crippen molar-refractivity contribution in [2.75, 3.05) is 19.7 Å². The molecule has 10 heteroatoms. The molecule has 2 aromatic heterocycles. The smallest absolute Gasteiger partial charge is 0.278 e. The first-order chi connectivity index (χ1) is 17.8. The number of carbonyl (C=O) groups is 1. The van der Waals surface area contributed by atoms with Crippen LogP contribution in [0.2, 0.25) is 0 Å². The lowest BCUT2D eigenvalue weighted by Gasteiger charge is -2.29. The Hall–Kier alpha value is -2.59. The van der Waals surface area contributed by atoms with E-state index in [9.17, 15) is 8.78 Å². The van der Waals surface area contributed by atoms with E-state index >= 15 is 0 Å². The number of halogens is 2. The summed E-state index contributed by atoms with van der Waals surface area (Å²) < 4.78 is 32.9. The molecule has 1 saturated carbocycles. The minimum absolute atomic E-state index is 0.250. The van der Waals surface area contributed by atoms with Crippen molar-refractivity contribution in [3.05, 3.63) is 41.0 Å². The number of alkyl halides is 2. The molecule has 2 N–H and O–H groups in total. The van der Waals surface area contributed by atoms with Crippen molar-refractivity contribution in [1.82, 2.24) is 19.7 Å². The molecule has 0 atom stereocenters. The molecule has 0 radical (unpaired) electrons. The quantitative estimate of drug-likeness (QED) is 0.395. The average molecular weight is 536 g/mol. The highest BCUT2D eigenvalue weighted by atomic mass is 32.1. The minimum Gasteiger partial charge on any atom is -0.464 e. The van der Waals surface area contributed by atoms with Crippen LogP contribution in [-0.2, 0) is 24.3 Å². The SMILES string of the molecule is CC(F)(F)COc1nc2c(s1)CCN(CCC1CCCCC1)C2.CCn1cc2ccccc2n1.NC=O. The van der Waals surface area contributed by atoms with E-state index < -0.39 is 12.5 Å². The molecule has 1 fully saturated rings. The topological polar surface area (TPSA) is 86.3 Å². The zero-order valence-electron chi connectivity index (χ0n) is 21.9. The molecule has 3 heterocycles. The van der Waals surface area contributed by atoms with Crippen LogP contribution in [0.3, 0.4) is 0 Å². The van der Waals surface area contributed by atoms with Crippen LogP contribution in [-0.4, -0.2) is 51.7 Å². The Balaban J connectivity index is 0.000000225. The summed E-state index contributed by atoms with van der Waals surface area (Å²) in [5.74, 6) is -1.91. The fourth-order valence-electron chi connectivity index (χ4n) is 4.69. The molecule has 0 spiro atoms. The van der Waals surface area contributed by atoms with Crippen LogP contribution in [0.15, 0.2) is 30.5 Å². The van der Waals surface area contributed by atoms with Crippen LogP contribution in [0.4, 0.5) is 8.78 Å². The molecule has 1 aliphatic heterocycles. The first-order valence-electron chi connectivity index (χ1n) is 13.1. The lowest BCUT2D eigenvalue weighted by molar-refractivity contribution is -0.106. The number of primary amides is 1. The third-order valence-electron chi connectivity index (χ3n) is 6.60. The van der Waals surface area contributed by atoms with Gasteiger partial charge in [0.25, 0.3) is 11.1 Å². The molecule has 3 aromatic rings. The van der Waals surface area contributed by atoms with Gasteiger partial charge in [-0.25, -0.2) is 13.8 Å². The molecule has 1 amide bonds. The van der Waals surface area contributed by atoms with Gasteiger partial charge in [0, 0.05) is 43.0 Å². The van der Waals surface area contributed by atoms with Gasteiger partial charge in [0.05, 0.1) is 11.2 Å². The summed E-state index contributed by atoms with van der Waals surface area (Å²) in [6, 6.07) is 8.15. The monoisotopic (exact) mass is 535 g/mol. The molecule has 0 bridgehead atoms. The molecular weight excluding hydrogens is 496 g/mol. The number of thiazole rings is 1. The third kappa shape index (κ3) is 9.66. The number of amides is 1. The van der Waals surface area contributed by atoms with Gasteiger partial charge < -0.3 is 10.5 Å². The first kappa shape index (κ1) is 29.0. The Morgan fingerprint density at radius 3 is 2.65 bits per heavy atom. The largest absolute Gasteiger partial charge is 0.464 e. The highest BCUT2D eigenvalue weighted by molar-refractivity contribution is 7.13. The fraction of sp³-hybridized carbons (Fsp3) is 0.593. The van der Waals surface area contributed by atoms with Gasteiger partial charge in [0.1, 0.15) is 0 Å². The minimum atomic E-state index is -2.81. The Morgan fingerprint density at radius 1 is 1.24 bits per heavy atom. The van der Waals surface area contributed by atoms with Crippen LogP contribution in [0.5, 0.6) is 5.19 Å². The van der Waals surface area contributed by atoms with E-state index in [1.807, 2.05) is 22.9 Å². The van der Waals surface area contributed by atoms with Gasteiger partial charge in [0.2, 0.25) is 6.41 Å². The number of aryl methyl sites for hydroxylation is 1. The number of nitrogens with zero attached hydrogens (tertiary/aromatic N) is 4. The highest BCUT2D eigenvalue weighted by Crippen LogP contribution is 2.32. The number of rotatable bonds is 7. The number of ether oxygens (including phenoxy) is 1. The van der Waals surface area contributed by atoms with Gasteiger partial charge in [-0.05, 0) is 38.3 Å². The summed E-state index contributed by atoms with van der Waals surface area (Å²) in [5, 5.41) is 5.96. The van der Waals surface area contributed by atoms with E-state index in [4.69, 9.17) is 9.53 Å². The van der Waals surface area contributed by atoms with E-state index in [-0.39, 0.29) is 6.41 Å². The summed E-state index contributed by atoms with van der Waals surface area (Å²) in [6.07, 6.45) is 11.5. The first-order valence-corrected chi connectivity index (χ1v) is 13.9. The summed E-state index contributed by atoms with van der Waals surface area (Å²) in [4.78, 5) is 16.7. The van der Waals surface area contributed by atoms with Gasteiger partial charge in [-0.1, -0.05) is 61.6 Å². The third-order valence-corrected chi connectivity index (χ3v) is 7.67. The van der Waals surface area contributed by atoms with Crippen LogP contribution < -0.4 is 10.5 Å². The van der Waals surface area contributed by atoms with E-state index in [0.29, 0.717) is 5.19 Å². The van der Waals surface area contributed by atoms with Crippen molar-refractivity contribution in [2.45, 2.75) is 77.8 Å². The Bertz CT molecular complexity index is 1060. The maximum Gasteiger partial charge on any atom is 0.278 e. The number of carbonyl (C=O) groups excluding carboxylic acids is 1. The maximum atomic E-state index is 12.9. The lowest BCUT2D eigenvalue weighted by atomic mass is 9.87. The summed E-state index contributed by atoms with van der Waals surface area (Å²) in [6.45, 7) is 6.32. The molecule has 1 aliphatic carbocycles. The lowest BCUT2D eigenvalue weighted by Crippen LogP contribution is -2.32. The van der Waals surface area contributed by atoms with Crippen molar-refractivity contribution in [1.29, 1.82) is 0 Å². The van der Waals surface area contributed by atoms with Crippen LogP contribution in [0.25, 0.3) is 10.9 Å². The van der Waals surface area contributed by atoms with Crippen molar-refractivity contribution in [2.24, 2.45) is 11.7 Å². The highest BCUT2D eigenvalue weighted by Gasteiger charge is 2.26. The molecule has 0 unspecified atom stereocenters. The van der Waals surface area contributed by atoms with Crippen molar-refractivity contribution in [3.8, 4) is 5.19 Å². The zero-order chi connectivity index (χ0) is 26.7. The molecule has 7 nitrogen and oxygen atoms in total. The number of nitrogens with two attached hydrogens (primary N) is 1. The van der Waals surface area contributed by atoms with Gasteiger partial charge >= 0.3 is 0 Å². The second-order valence-corrected chi connectivity index (χ2v) is 10.8. The Morgan fingerprint density at radius 2 is 1.97 bits per heavy atom. The predicted molar refractivity (Wildman–Crippen MR) is 144 cm³/mol. The van der Waals surface area contributed by atoms with Crippen molar-refractivity contribution < 1.29 is 18.3 Å². The fourth-order valence-corrected chi connectivity index (χ4v) is 5.59. The molecule has 1 aromatic carbocycles. The van der Waals surface area contributed by atoms with Crippen molar-refractivity contribution >= 4 is 28.6 Å². The summed E-state index contributed by atoms with van der Waals surface area (Å²) in [5.41, 5.74) is 6.27. The standard InChI is InChI=1S/C17H26F2N2OS.C9H10N2.CH3NO/c1-17(18,19)12-22-16-20-14-11-21(10-8-15(14)23-16)9-7-13-5-3-2-4-6-13;1-2-11-7-8-5-3-4-6-9(8)10-11;2-1-3/h13H,2-12H2,1H3;3-7H,2H2,1H3;1H,(H2,2,3). The van der Waals surface area contributed by atoms with Crippen LogP contribution in [0, 0.1) is 5.92 Å². The van der Waals surface area contributed by atoms with Crippen molar-refractivity contribution in [3.63, 3.8) is 0 Å². The number of benzene rings is 1.